The van der Waals surface area contributed by atoms with Gasteiger partial charge in [-0.3, -0.25) is 0 Å². The summed E-state index contributed by atoms with van der Waals surface area (Å²) in [4.78, 5) is 12.1. The highest BCUT2D eigenvalue weighted by molar-refractivity contribution is 5.95. The van der Waals surface area contributed by atoms with Crippen LogP contribution in [0.3, 0.4) is 0 Å². The number of rotatable bonds is 5. The molecule has 0 saturated carbocycles. The summed E-state index contributed by atoms with van der Waals surface area (Å²) in [6, 6.07) is 6.76. The Labute approximate surface area is 116 Å². The van der Waals surface area contributed by atoms with Crippen molar-refractivity contribution in [3.63, 3.8) is 0 Å². The predicted molar refractivity (Wildman–Crippen MR) is 69.9 cm³/mol. The highest BCUT2D eigenvalue weighted by Crippen LogP contribution is 2.29. The molecule has 6 heteroatoms. The lowest BCUT2D eigenvalue weighted by molar-refractivity contribution is 0.0457. The minimum atomic E-state index is -0.542. The highest BCUT2D eigenvalue weighted by atomic mass is 16.5. The first-order chi connectivity index (χ1) is 9.65. The lowest BCUT2D eigenvalue weighted by Gasteiger charge is -2.11. The van der Waals surface area contributed by atoms with E-state index >= 15 is 0 Å². The molecule has 1 aromatic carbocycles. The molecule has 0 radical (unpaired) electrons. The van der Waals surface area contributed by atoms with E-state index in [4.69, 9.17) is 18.7 Å². The zero-order valence-electron chi connectivity index (χ0n) is 11.5. The van der Waals surface area contributed by atoms with Crippen LogP contribution in [-0.4, -0.2) is 25.3 Å². The standard InChI is InChI=1S/C14H15NO5/c1-9-7-10(15-20-9)8-19-14(16)13-11(17-2)5-4-6-12(13)18-3/h4-7H,8H2,1-3H3. The number of nitrogens with zero attached hydrogens (tertiary/aromatic N) is 1. The van der Waals surface area contributed by atoms with E-state index in [2.05, 4.69) is 5.16 Å². The van der Waals surface area contributed by atoms with Crippen molar-refractivity contribution in [2.45, 2.75) is 13.5 Å². The highest BCUT2D eigenvalue weighted by Gasteiger charge is 2.20. The molecule has 0 unspecified atom stereocenters. The maximum atomic E-state index is 12.1. The smallest absolute Gasteiger partial charge is 0.346 e. The molecule has 0 saturated heterocycles. The summed E-state index contributed by atoms with van der Waals surface area (Å²) < 4.78 is 20.4. The van der Waals surface area contributed by atoms with E-state index in [9.17, 15) is 4.79 Å². The number of methoxy groups -OCH3 is 2. The molecule has 0 fully saturated rings. The van der Waals surface area contributed by atoms with Crippen molar-refractivity contribution >= 4 is 5.97 Å². The monoisotopic (exact) mass is 277 g/mol. The molecule has 0 N–H and O–H groups in total. The molecule has 0 spiro atoms. The Morgan fingerprint density at radius 1 is 1.25 bits per heavy atom. The van der Waals surface area contributed by atoms with E-state index in [-0.39, 0.29) is 12.2 Å². The van der Waals surface area contributed by atoms with Crippen LogP contribution in [-0.2, 0) is 11.3 Å². The maximum Gasteiger partial charge on any atom is 0.346 e. The molecule has 0 amide bonds. The first kappa shape index (κ1) is 13.9. The molecular formula is C14H15NO5. The number of carbonyl (C=O) groups excluding carboxylic acids is 1. The molecular weight excluding hydrogens is 262 g/mol. The number of benzene rings is 1. The Morgan fingerprint density at radius 3 is 2.40 bits per heavy atom. The van der Waals surface area contributed by atoms with Gasteiger partial charge in [-0.2, -0.15) is 0 Å². The number of carbonyl (C=O) groups is 1. The Hall–Kier alpha value is -2.50. The summed E-state index contributed by atoms with van der Waals surface area (Å²) >= 11 is 0. The zero-order chi connectivity index (χ0) is 14.5. The lowest BCUT2D eigenvalue weighted by atomic mass is 10.2. The van der Waals surface area contributed by atoms with Crippen LogP contribution in [0.2, 0.25) is 0 Å². The van der Waals surface area contributed by atoms with Gasteiger partial charge in [0, 0.05) is 6.07 Å². The van der Waals surface area contributed by atoms with Crippen LogP contribution in [0.1, 0.15) is 21.8 Å². The van der Waals surface area contributed by atoms with Gasteiger partial charge in [0.25, 0.3) is 0 Å². The van der Waals surface area contributed by atoms with Crippen LogP contribution in [0.25, 0.3) is 0 Å². The Kier molecular flexibility index (Phi) is 4.24. The zero-order valence-corrected chi connectivity index (χ0v) is 11.5. The summed E-state index contributed by atoms with van der Waals surface area (Å²) in [7, 11) is 2.96. The van der Waals surface area contributed by atoms with E-state index < -0.39 is 5.97 Å². The van der Waals surface area contributed by atoms with Gasteiger partial charge in [-0.15, -0.1) is 0 Å². The SMILES string of the molecule is COc1cccc(OC)c1C(=O)OCc1cc(C)on1. The largest absolute Gasteiger partial charge is 0.496 e. The van der Waals surface area contributed by atoms with Gasteiger partial charge in [-0.1, -0.05) is 11.2 Å². The second kappa shape index (κ2) is 6.10. The number of hydrogen-bond acceptors (Lipinski definition) is 6. The van der Waals surface area contributed by atoms with Crippen molar-refractivity contribution in [1.29, 1.82) is 0 Å². The average Bonchev–Trinajstić information content (AvgIpc) is 2.89. The summed E-state index contributed by atoms with van der Waals surface area (Å²) in [5.74, 6) is 0.905. The van der Waals surface area contributed by atoms with E-state index in [0.717, 1.165) is 0 Å². The summed E-state index contributed by atoms with van der Waals surface area (Å²) in [6.45, 7) is 1.79. The number of aryl methyl sites for hydroxylation is 1. The number of esters is 1. The van der Waals surface area contributed by atoms with E-state index in [1.165, 1.54) is 14.2 Å². The van der Waals surface area contributed by atoms with E-state index in [1.54, 1.807) is 31.2 Å². The van der Waals surface area contributed by atoms with Gasteiger partial charge >= 0.3 is 5.97 Å². The van der Waals surface area contributed by atoms with Crippen molar-refractivity contribution in [3.05, 3.63) is 41.3 Å². The molecule has 0 bridgehead atoms. The third-order valence-electron chi connectivity index (χ3n) is 2.66. The number of aromatic nitrogens is 1. The molecule has 2 aromatic rings. The van der Waals surface area contributed by atoms with Gasteiger partial charge in [-0.25, -0.2) is 4.79 Å². The van der Waals surface area contributed by atoms with Crippen molar-refractivity contribution < 1.29 is 23.5 Å². The van der Waals surface area contributed by atoms with Gasteiger partial charge in [0.05, 0.1) is 14.2 Å². The average molecular weight is 277 g/mol. The van der Waals surface area contributed by atoms with E-state index in [1.807, 2.05) is 0 Å². The molecule has 1 aromatic heterocycles. The van der Waals surface area contributed by atoms with Crippen molar-refractivity contribution in [1.82, 2.24) is 5.16 Å². The molecule has 2 rings (SSSR count). The fraction of sp³-hybridized carbons (Fsp3) is 0.286. The predicted octanol–water partition coefficient (Wildman–Crippen LogP) is 2.36. The molecule has 0 aliphatic rings. The summed E-state index contributed by atoms with van der Waals surface area (Å²) in [5, 5.41) is 3.75. The minimum absolute atomic E-state index is 0.0252. The third-order valence-corrected chi connectivity index (χ3v) is 2.66. The number of ether oxygens (including phenoxy) is 3. The normalized spacial score (nSPS) is 10.2. The molecule has 0 aliphatic carbocycles. The summed E-state index contributed by atoms with van der Waals surface area (Å²) in [5.41, 5.74) is 0.794. The Balaban J connectivity index is 2.16. The number of hydrogen-bond donors (Lipinski definition) is 0. The first-order valence-corrected chi connectivity index (χ1v) is 5.96. The first-order valence-electron chi connectivity index (χ1n) is 5.96. The second-order valence-electron chi connectivity index (χ2n) is 4.04. The van der Waals surface area contributed by atoms with Gasteiger partial charge in [0.15, 0.2) is 0 Å². The quantitative estimate of drug-likeness (QED) is 0.781. The van der Waals surface area contributed by atoms with Crippen molar-refractivity contribution in [2.24, 2.45) is 0 Å². The molecule has 20 heavy (non-hydrogen) atoms. The van der Waals surface area contributed by atoms with Crippen LogP contribution in [0.5, 0.6) is 11.5 Å². The fourth-order valence-electron chi connectivity index (χ4n) is 1.75. The van der Waals surface area contributed by atoms with Crippen LogP contribution in [0.15, 0.2) is 28.8 Å². The minimum Gasteiger partial charge on any atom is -0.496 e. The third kappa shape index (κ3) is 2.90. The Morgan fingerprint density at radius 2 is 1.90 bits per heavy atom. The van der Waals surface area contributed by atoms with Crippen LogP contribution in [0.4, 0.5) is 0 Å². The summed E-state index contributed by atoms with van der Waals surface area (Å²) in [6.07, 6.45) is 0. The Bertz CT molecular complexity index is 583. The molecule has 106 valence electrons. The van der Waals surface area contributed by atoms with Gasteiger partial charge < -0.3 is 18.7 Å². The van der Waals surface area contributed by atoms with E-state index in [0.29, 0.717) is 23.0 Å². The second-order valence-corrected chi connectivity index (χ2v) is 4.04. The van der Waals surface area contributed by atoms with Crippen LogP contribution in [0, 0.1) is 6.92 Å². The maximum absolute atomic E-state index is 12.1. The molecule has 0 atom stereocenters. The van der Waals surface area contributed by atoms with Crippen molar-refractivity contribution in [2.75, 3.05) is 14.2 Å². The lowest BCUT2D eigenvalue weighted by Crippen LogP contribution is -2.09. The van der Waals surface area contributed by atoms with Gasteiger partial charge in [0.2, 0.25) is 0 Å². The van der Waals surface area contributed by atoms with Crippen molar-refractivity contribution in [3.8, 4) is 11.5 Å². The molecule has 6 nitrogen and oxygen atoms in total. The topological polar surface area (TPSA) is 70.8 Å². The van der Waals surface area contributed by atoms with Crippen LogP contribution < -0.4 is 9.47 Å². The fourth-order valence-corrected chi connectivity index (χ4v) is 1.75. The van der Waals surface area contributed by atoms with Crippen LogP contribution >= 0.6 is 0 Å². The molecule has 0 aliphatic heterocycles. The molecule has 1 heterocycles. The van der Waals surface area contributed by atoms with Gasteiger partial charge in [0.1, 0.15) is 35.1 Å². The van der Waals surface area contributed by atoms with Gasteiger partial charge in [-0.05, 0) is 19.1 Å².